The van der Waals surface area contributed by atoms with Gasteiger partial charge in [0.2, 0.25) is 0 Å². The van der Waals surface area contributed by atoms with E-state index < -0.39 is 0 Å². The molecule has 0 unspecified atom stereocenters. The molecular formula is C21H28N4O2. The van der Waals surface area contributed by atoms with Gasteiger partial charge in [-0.3, -0.25) is 4.79 Å². The summed E-state index contributed by atoms with van der Waals surface area (Å²) in [5.74, 6) is 1.94. The summed E-state index contributed by atoms with van der Waals surface area (Å²) in [6.07, 6.45) is 7.41. The topological polar surface area (TPSA) is 76.1 Å². The van der Waals surface area contributed by atoms with Crippen molar-refractivity contribution in [2.75, 3.05) is 12.4 Å². The van der Waals surface area contributed by atoms with Crippen LogP contribution < -0.4 is 15.4 Å². The van der Waals surface area contributed by atoms with Crippen LogP contribution >= 0.6 is 0 Å². The highest BCUT2D eigenvalue weighted by atomic mass is 16.5. The van der Waals surface area contributed by atoms with E-state index in [-0.39, 0.29) is 5.91 Å². The maximum atomic E-state index is 12.5. The van der Waals surface area contributed by atoms with Crippen molar-refractivity contribution in [1.29, 1.82) is 0 Å². The Morgan fingerprint density at radius 2 is 1.81 bits per heavy atom. The standard InChI is InChI=1S/C21H28N4O2/c1-15-23-19(13-20(24-15)25-17-7-5-3-4-6-8-17)21(26)22-14-16-9-11-18(27-2)12-10-16/h9-13,17H,3-8,14H2,1-2H3,(H,22,26)(H,23,24,25). The van der Waals surface area contributed by atoms with Gasteiger partial charge >= 0.3 is 0 Å². The number of ether oxygens (including phenoxy) is 1. The molecule has 1 aromatic carbocycles. The third-order valence-electron chi connectivity index (χ3n) is 4.89. The average molecular weight is 368 g/mol. The number of hydrogen-bond donors (Lipinski definition) is 2. The summed E-state index contributed by atoms with van der Waals surface area (Å²) in [7, 11) is 1.63. The molecular weight excluding hydrogens is 340 g/mol. The molecule has 1 saturated carbocycles. The molecule has 1 aromatic heterocycles. The van der Waals surface area contributed by atoms with Crippen LogP contribution in [0.3, 0.4) is 0 Å². The predicted octanol–water partition coefficient (Wildman–Crippen LogP) is 3.86. The van der Waals surface area contributed by atoms with E-state index in [1.807, 2.05) is 31.2 Å². The van der Waals surface area contributed by atoms with Crippen LogP contribution in [0.1, 0.15) is 60.4 Å². The Labute approximate surface area is 160 Å². The van der Waals surface area contributed by atoms with E-state index in [9.17, 15) is 4.79 Å². The molecule has 0 spiro atoms. The molecule has 3 rings (SSSR count). The number of aryl methyl sites for hydroxylation is 1. The van der Waals surface area contributed by atoms with Gasteiger partial charge in [0.1, 0.15) is 23.1 Å². The predicted molar refractivity (Wildman–Crippen MR) is 106 cm³/mol. The molecule has 1 aliphatic carbocycles. The SMILES string of the molecule is COc1ccc(CNC(=O)c2cc(NC3CCCCCC3)nc(C)n2)cc1. The maximum Gasteiger partial charge on any atom is 0.270 e. The van der Waals surface area contributed by atoms with Crippen molar-refractivity contribution < 1.29 is 9.53 Å². The van der Waals surface area contributed by atoms with Crippen molar-refractivity contribution in [3.05, 3.63) is 47.4 Å². The molecule has 6 nitrogen and oxygen atoms in total. The van der Waals surface area contributed by atoms with E-state index >= 15 is 0 Å². The number of nitrogens with one attached hydrogen (secondary N) is 2. The lowest BCUT2D eigenvalue weighted by molar-refractivity contribution is 0.0945. The first-order valence-electron chi connectivity index (χ1n) is 9.67. The van der Waals surface area contributed by atoms with Crippen molar-refractivity contribution in [2.24, 2.45) is 0 Å². The van der Waals surface area contributed by atoms with Crippen LogP contribution in [0.4, 0.5) is 5.82 Å². The van der Waals surface area contributed by atoms with Crippen LogP contribution in [0.5, 0.6) is 5.75 Å². The number of benzene rings is 1. The number of carbonyl (C=O) groups excluding carboxylic acids is 1. The highest BCUT2D eigenvalue weighted by Gasteiger charge is 2.15. The number of amides is 1. The molecule has 0 aliphatic heterocycles. The molecule has 0 radical (unpaired) electrons. The Bertz CT molecular complexity index is 753. The number of carbonyl (C=O) groups is 1. The van der Waals surface area contributed by atoms with Crippen LogP contribution in [0.2, 0.25) is 0 Å². The zero-order valence-electron chi connectivity index (χ0n) is 16.1. The van der Waals surface area contributed by atoms with Crippen LogP contribution in [0, 0.1) is 6.92 Å². The minimum absolute atomic E-state index is 0.194. The Balaban J connectivity index is 1.62. The average Bonchev–Trinajstić information content (AvgIpc) is 2.94. The number of nitrogens with zero attached hydrogens (tertiary/aromatic N) is 2. The molecule has 1 amide bonds. The fourth-order valence-corrected chi connectivity index (χ4v) is 3.41. The van der Waals surface area contributed by atoms with E-state index in [0.29, 0.717) is 24.1 Å². The third-order valence-corrected chi connectivity index (χ3v) is 4.89. The van der Waals surface area contributed by atoms with Crippen LogP contribution in [-0.2, 0) is 6.54 Å². The summed E-state index contributed by atoms with van der Waals surface area (Å²) in [5.41, 5.74) is 1.40. The van der Waals surface area contributed by atoms with Gasteiger partial charge in [-0.25, -0.2) is 9.97 Å². The van der Waals surface area contributed by atoms with Gasteiger partial charge < -0.3 is 15.4 Å². The van der Waals surface area contributed by atoms with E-state index in [4.69, 9.17) is 4.74 Å². The van der Waals surface area contributed by atoms with Crippen molar-refractivity contribution in [3.63, 3.8) is 0 Å². The number of anilines is 1. The molecule has 1 fully saturated rings. The fraction of sp³-hybridized carbons (Fsp3) is 0.476. The molecule has 1 aliphatic rings. The van der Waals surface area contributed by atoms with Gasteiger partial charge in [-0.15, -0.1) is 0 Å². The molecule has 2 aromatic rings. The Morgan fingerprint density at radius 3 is 2.48 bits per heavy atom. The first kappa shape index (κ1) is 19.1. The summed E-state index contributed by atoms with van der Waals surface area (Å²) < 4.78 is 5.15. The summed E-state index contributed by atoms with van der Waals surface area (Å²) in [5, 5.41) is 6.42. The van der Waals surface area contributed by atoms with Gasteiger partial charge in [0.05, 0.1) is 7.11 Å². The highest BCUT2D eigenvalue weighted by Crippen LogP contribution is 2.20. The third kappa shape index (κ3) is 5.67. The minimum atomic E-state index is -0.194. The number of hydrogen-bond acceptors (Lipinski definition) is 5. The maximum absolute atomic E-state index is 12.5. The molecule has 144 valence electrons. The Morgan fingerprint density at radius 1 is 1.11 bits per heavy atom. The largest absolute Gasteiger partial charge is 0.497 e. The molecule has 2 N–H and O–H groups in total. The lowest BCUT2D eigenvalue weighted by atomic mass is 10.1. The van der Waals surface area contributed by atoms with E-state index in [0.717, 1.165) is 30.0 Å². The van der Waals surface area contributed by atoms with E-state index in [2.05, 4.69) is 20.6 Å². The van der Waals surface area contributed by atoms with Gasteiger partial charge in [0.25, 0.3) is 5.91 Å². The second-order valence-corrected chi connectivity index (χ2v) is 7.05. The highest BCUT2D eigenvalue weighted by molar-refractivity contribution is 5.92. The molecule has 27 heavy (non-hydrogen) atoms. The second-order valence-electron chi connectivity index (χ2n) is 7.05. The lowest BCUT2D eigenvalue weighted by Gasteiger charge is -2.17. The number of rotatable bonds is 6. The van der Waals surface area contributed by atoms with Gasteiger partial charge in [-0.1, -0.05) is 37.8 Å². The first-order valence-corrected chi connectivity index (χ1v) is 9.67. The van der Waals surface area contributed by atoms with Crippen LogP contribution in [-0.4, -0.2) is 29.0 Å². The smallest absolute Gasteiger partial charge is 0.270 e. The fourth-order valence-electron chi connectivity index (χ4n) is 3.41. The van der Waals surface area contributed by atoms with Gasteiger partial charge in [-0.05, 0) is 37.5 Å². The van der Waals surface area contributed by atoms with Gasteiger partial charge in [-0.2, -0.15) is 0 Å². The summed E-state index contributed by atoms with van der Waals surface area (Å²) >= 11 is 0. The molecule has 1 heterocycles. The monoisotopic (exact) mass is 368 g/mol. The number of methoxy groups -OCH3 is 1. The zero-order chi connectivity index (χ0) is 19.1. The summed E-state index contributed by atoms with van der Waals surface area (Å²) in [4.78, 5) is 21.3. The van der Waals surface area contributed by atoms with Gasteiger partial charge in [0, 0.05) is 18.7 Å². The molecule has 6 heteroatoms. The van der Waals surface area contributed by atoms with E-state index in [1.165, 1.54) is 25.7 Å². The molecule has 0 saturated heterocycles. The molecule has 0 bridgehead atoms. The first-order chi connectivity index (χ1) is 13.1. The zero-order valence-corrected chi connectivity index (χ0v) is 16.1. The quantitative estimate of drug-likeness (QED) is 0.757. The van der Waals surface area contributed by atoms with Crippen molar-refractivity contribution in [2.45, 2.75) is 58.0 Å². The Kier molecular flexibility index (Phi) is 6.63. The van der Waals surface area contributed by atoms with Crippen LogP contribution in [0.25, 0.3) is 0 Å². The van der Waals surface area contributed by atoms with Gasteiger partial charge in [0.15, 0.2) is 0 Å². The van der Waals surface area contributed by atoms with Crippen LogP contribution in [0.15, 0.2) is 30.3 Å². The van der Waals surface area contributed by atoms with E-state index in [1.54, 1.807) is 13.2 Å². The Hall–Kier alpha value is -2.63. The molecule has 0 atom stereocenters. The normalized spacial score (nSPS) is 15.0. The minimum Gasteiger partial charge on any atom is -0.497 e. The lowest BCUT2D eigenvalue weighted by Crippen LogP contribution is -2.25. The van der Waals surface area contributed by atoms with Crippen molar-refractivity contribution in [1.82, 2.24) is 15.3 Å². The summed E-state index contributed by atoms with van der Waals surface area (Å²) in [6, 6.07) is 9.81. The summed E-state index contributed by atoms with van der Waals surface area (Å²) in [6.45, 7) is 2.26. The van der Waals surface area contributed by atoms with Crippen molar-refractivity contribution in [3.8, 4) is 5.75 Å². The number of aromatic nitrogens is 2. The second kappa shape index (κ2) is 9.35. The van der Waals surface area contributed by atoms with Crippen molar-refractivity contribution >= 4 is 11.7 Å².